The number of nitrogens with zero attached hydrogens (tertiary/aromatic N) is 3. The van der Waals surface area contributed by atoms with Gasteiger partial charge in [0.2, 0.25) is 11.8 Å². The third-order valence-electron chi connectivity index (χ3n) is 4.38. The van der Waals surface area contributed by atoms with Gasteiger partial charge in [-0.05, 0) is 25.1 Å². The fraction of sp³-hybridized carbons (Fsp3) is 0.500. The van der Waals surface area contributed by atoms with Gasteiger partial charge in [0, 0.05) is 45.8 Å². The zero-order valence-corrected chi connectivity index (χ0v) is 15.7. The third-order valence-corrected chi connectivity index (χ3v) is 4.38. The Hall–Kier alpha value is -2.55. The van der Waals surface area contributed by atoms with Crippen LogP contribution in [-0.2, 0) is 9.59 Å². The summed E-state index contributed by atoms with van der Waals surface area (Å²) in [4.78, 5) is 41.0. The van der Waals surface area contributed by atoms with Gasteiger partial charge in [-0.3, -0.25) is 19.3 Å². The second-order valence-electron chi connectivity index (χ2n) is 6.72. The molecular formula is C18H24F2N4O3. The van der Waals surface area contributed by atoms with Crippen molar-refractivity contribution in [3.05, 3.63) is 35.4 Å². The molecule has 27 heavy (non-hydrogen) atoms. The second-order valence-corrected chi connectivity index (χ2v) is 6.72. The first-order valence-electron chi connectivity index (χ1n) is 8.66. The van der Waals surface area contributed by atoms with E-state index in [1.807, 2.05) is 4.90 Å². The minimum absolute atomic E-state index is 0.0936. The summed E-state index contributed by atoms with van der Waals surface area (Å²) in [6.45, 7) is 3.43. The minimum atomic E-state index is -1.06. The number of likely N-dealkylation sites (N-methyl/N-ethyl adjacent to an activating group) is 1. The van der Waals surface area contributed by atoms with Crippen molar-refractivity contribution in [2.45, 2.75) is 13.0 Å². The average Bonchev–Trinajstić information content (AvgIpc) is 2.63. The Kier molecular flexibility index (Phi) is 6.84. The number of hydrogen-bond donors (Lipinski definition) is 1. The lowest BCUT2D eigenvalue weighted by molar-refractivity contribution is -0.134. The van der Waals surface area contributed by atoms with E-state index in [0.717, 1.165) is 12.1 Å². The predicted molar refractivity (Wildman–Crippen MR) is 95.0 cm³/mol. The molecule has 3 amide bonds. The Labute approximate surface area is 156 Å². The van der Waals surface area contributed by atoms with Crippen molar-refractivity contribution in [2.75, 3.05) is 46.8 Å². The average molecular weight is 382 g/mol. The van der Waals surface area contributed by atoms with Crippen molar-refractivity contribution >= 4 is 17.7 Å². The zero-order valence-electron chi connectivity index (χ0n) is 15.7. The van der Waals surface area contributed by atoms with Crippen LogP contribution in [0.25, 0.3) is 0 Å². The summed E-state index contributed by atoms with van der Waals surface area (Å²) in [7, 11) is 3.24. The summed E-state index contributed by atoms with van der Waals surface area (Å²) in [6, 6.07) is 2.47. The van der Waals surface area contributed by atoms with Crippen molar-refractivity contribution < 1.29 is 23.2 Å². The molecule has 1 fully saturated rings. The van der Waals surface area contributed by atoms with Gasteiger partial charge < -0.3 is 15.1 Å². The standard InChI is InChI=1S/C18H24F2N4O3/c1-12(17(26)22(2)3)21-16(25)11-23-6-8-24(9-7-23)18(27)13-4-5-14(19)15(20)10-13/h4-5,10,12H,6-9,11H2,1-3H3,(H,21,25). The molecule has 148 valence electrons. The highest BCUT2D eigenvalue weighted by Crippen LogP contribution is 2.13. The fourth-order valence-electron chi connectivity index (χ4n) is 2.86. The largest absolute Gasteiger partial charge is 0.347 e. The van der Waals surface area contributed by atoms with E-state index < -0.39 is 17.7 Å². The Bertz CT molecular complexity index is 719. The zero-order chi connectivity index (χ0) is 20.1. The van der Waals surface area contributed by atoms with Crippen LogP contribution in [0.1, 0.15) is 17.3 Å². The van der Waals surface area contributed by atoms with Crippen LogP contribution in [-0.4, -0.2) is 85.3 Å². The van der Waals surface area contributed by atoms with Gasteiger partial charge in [0.25, 0.3) is 5.91 Å². The van der Waals surface area contributed by atoms with Crippen molar-refractivity contribution in [2.24, 2.45) is 0 Å². The lowest BCUT2D eigenvalue weighted by Gasteiger charge is -2.34. The fourth-order valence-corrected chi connectivity index (χ4v) is 2.86. The minimum Gasteiger partial charge on any atom is -0.347 e. The van der Waals surface area contributed by atoms with Crippen LogP contribution < -0.4 is 5.32 Å². The Morgan fingerprint density at radius 2 is 1.74 bits per heavy atom. The molecule has 1 heterocycles. The molecule has 7 nitrogen and oxygen atoms in total. The van der Waals surface area contributed by atoms with E-state index in [0.29, 0.717) is 26.2 Å². The summed E-state index contributed by atoms with van der Waals surface area (Å²) in [5.41, 5.74) is 0.0936. The molecule has 1 aromatic rings. The SMILES string of the molecule is CC(NC(=O)CN1CCN(C(=O)c2ccc(F)c(F)c2)CC1)C(=O)N(C)C. The maximum Gasteiger partial charge on any atom is 0.254 e. The molecule has 0 bridgehead atoms. The van der Waals surface area contributed by atoms with Gasteiger partial charge in [-0.2, -0.15) is 0 Å². The van der Waals surface area contributed by atoms with E-state index in [4.69, 9.17) is 0 Å². The molecule has 1 aliphatic rings. The van der Waals surface area contributed by atoms with Gasteiger partial charge in [0.15, 0.2) is 11.6 Å². The number of benzene rings is 1. The first kappa shape index (κ1) is 20.8. The Balaban J connectivity index is 1.82. The van der Waals surface area contributed by atoms with Crippen LogP contribution >= 0.6 is 0 Å². The molecular weight excluding hydrogens is 358 g/mol. The smallest absolute Gasteiger partial charge is 0.254 e. The monoisotopic (exact) mass is 382 g/mol. The van der Waals surface area contributed by atoms with Crippen molar-refractivity contribution in [1.29, 1.82) is 0 Å². The summed E-state index contributed by atoms with van der Waals surface area (Å²) in [6.07, 6.45) is 0. The topological polar surface area (TPSA) is 73.0 Å². The molecule has 1 atom stereocenters. The number of carbonyl (C=O) groups excluding carboxylic acids is 3. The molecule has 9 heteroatoms. The molecule has 1 aliphatic heterocycles. The van der Waals surface area contributed by atoms with Crippen molar-refractivity contribution in [3.63, 3.8) is 0 Å². The highest BCUT2D eigenvalue weighted by Gasteiger charge is 2.25. The van der Waals surface area contributed by atoms with Gasteiger partial charge in [-0.1, -0.05) is 0 Å². The molecule has 1 unspecified atom stereocenters. The van der Waals surface area contributed by atoms with Crippen molar-refractivity contribution in [3.8, 4) is 0 Å². The molecule has 0 saturated carbocycles. The van der Waals surface area contributed by atoms with Gasteiger partial charge in [-0.25, -0.2) is 8.78 Å². The maximum absolute atomic E-state index is 13.3. The Morgan fingerprint density at radius 3 is 2.30 bits per heavy atom. The van der Waals surface area contributed by atoms with E-state index >= 15 is 0 Å². The lowest BCUT2D eigenvalue weighted by atomic mass is 10.1. The first-order chi connectivity index (χ1) is 12.7. The molecule has 0 aromatic heterocycles. The van der Waals surface area contributed by atoms with Gasteiger partial charge in [0.05, 0.1) is 6.54 Å². The molecule has 2 rings (SSSR count). The predicted octanol–water partition coefficient (Wildman–Crippen LogP) is 0.316. The second kappa shape index (κ2) is 8.90. The number of amides is 3. The lowest BCUT2D eigenvalue weighted by Crippen LogP contribution is -2.53. The molecule has 1 N–H and O–H groups in total. The molecule has 0 spiro atoms. The molecule has 0 radical (unpaired) electrons. The van der Waals surface area contributed by atoms with Crippen LogP contribution in [0.4, 0.5) is 8.78 Å². The Morgan fingerprint density at radius 1 is 1.11 bits per heavy atom. The summed E-state index contributed by atoms with van der Waals surface area (Å²) in [5.74, 6) is -2.88. The van der Waals surface area contributed by atoms with Gasteiger partial charge in [-0.15, -0.1) is 0 Å². The van der Waals surface area contributed by atoms with Crippen LogP contribution in [0.5, 0.6) is 0 Å². The highest BCUT2D eigenvalue weighted by atomic mass is 19.2. The van der Waals surface area contributed by atoms with E-state index in [-0.39, 0.29) is 29.8 Å². The van der Waals surface area contributed by atoms with E-state index in [9.17, 15) is 23.2 Å². The van der Waals surface area contributed by atoms with Crippen LogP contribution in [0.15, 0.2) is 18.2 Å². The first-order valence-corrected chi connectivity index (χ1v) is 8.66. The number of carbonyl (C=O) groups is 3. The summed E-state index contributed by atoms with van der Waals surface area (Å²) < 4.78 is 26.3. The summed E-state index contributed by atoms with van der Waals surface area (Å²) >= 11 is 0. The third kappa shape index (κ3) is 5.46. The van der Waals surface area contributed by atoms with Crippen LogP contribution in [0, 0.1) is 11.6 Å². The quantitative estimate of drug-likeness (QED) is 0.796. The number of rotatable bonds is 5. The van der Waals surface area contributed by atoms with Gasteiger partial charge in [0.1, 0.15) is 6.04 Å². The maximum atomic E-state index is 13.3. The van der Waals surface area contributed by atoms with Gasteiger partial charge >= 0.3 is 0 Å². The van der Waals surface area contributed by atoms with E-state index in [2.05, 4.69) is 5.32 Å². The normalized spacial score (nSPS) is 16.0. The molecule has 0 aliphatic carbocycles. The summed E-state index contributed by atoms with van der Waals surface area (Å²) in [5, 5.41) is 2.65. The highest BCUT2D eigenvalue weighted by molar-refractivity contribution is 5.94. The number of hydrogen-bond acceptors (Lipinski definition) is 4. The molecule has 1 aromatic carbocycles. The van der Waals surface area contributed by atoms with Crippen LogP contribution in [0.2, 0.25) is 0 Å². The number of halogens is 2. The van der Waals surface area contributed by atoms with E-state index in [1.54, 1.807) is 25.9 Å². The van der Waals surface area contributed by atoms with E-state index in [1.165, 1.54) is 11.0 Å². The number of piperazine rings is 1. The van der Waals surface area contributed by atoms with Crippen molar-refractivity contribution in [1.82, 2.24) is 20.0 Å². The number of nitrogens with one attached hydrogen (secondary N) is 1. The van der Waals surface area contributed by atoms with Crippen LogP contribution in [0.3, 0.4) is 0 Å². The molecule has 1 saturated heterocycles.